The Labute approximate surface area is 141 Å². The fourth-order valence-corrected chi connectivity index (χ4v) is 3.77. The van der Waals surface area contributed by atoms with Crippen molar-refractivity contribution in [2.75, 3.05) is 0 Å². The Morgan fingerprint density at radius 3 is 2.62 bits per heavy atom. The zero-order valence-corrected chi connectivity index (χ0v) is 13.9. The lowest BCUT2D eigenvalue weighted by atomic mass is 9.64. The number of allylic oxidation sites excluding steroid dienone is 3. The quantitative estimate of drug-likeness (QED) is 0.593. The molecule has 1 aromatic carbocycles. The van der Waals surface area contributed by atoms with Crippen molar-refractivity contribution in [2.45, 2.75) is 25.7 Å². The number of aromatic nitrogens is 2. The number of halogens is 2. The topological polar surface area (TPSA) is 8.81 Å². The summed E-state index contributed by atoms with van der Waals surface area (Å²) in [5, 5.41) is 0. The number of benzene rings is 1. The van der Waals surface area contributed by atoms with Gasteiger partial charge in [-0.3, -0.25) is 14.6 Å². The summed E-state index contributed by atoms with van der Waals surface area (Å²) in [5.74, 6) is -1.55. The molecule has 1 aromatic heterocycles. The molecule has 0 amide bonds. The van der Waals surface area contributed by atoms with Crippen LogP contribution in [0.3, 0.4) is 0 Å². The molecule has 0 aliphatic heterocycles. The van der Waals surface area contributed by atoms with E-state index in [0.717, 1.165) is 48.1 Å². The Hall–Kier alpha value is -2.17. The average Bonchev–Trinajstić information content (AvgIpc) is 2.96. The maximum absolute atomic E-state index is 13.8. The van der Waals surface area contributed by atoms with Gasteiger partial charge in [0.25, 0.3) is 0 Å². The van der Waals surface area contributed by atoms with E-state index in [1.807, 2.05) is 32.6 Å². The van der Waals surface area contributed by atoms with Crippen LogP contribution >= 0.6 is 0 Å². The van der Waals surface area contributed by atoms with Crippen molar-refractivity contribution in [3.63, 3.8) is 0 Å². The monoisotopic (exact) mass is 324 g/mol. The third-order valence-electron chi connectivity index (χ3n) is 5.02. The maximum Gasteiger partial charge on any atom is 0.159 e. The first kappa shape index (κ1) is 15.4. The summed E-state index contributed by atoms with van der Waals surface area (Å²) in [7, 11) is 6.22. The summed E-state index contributed by atoms with van der Waals surface area (Å²) in [4.78, 5) is 0. The highest BCUT2D eigenvalue weighted by Crippen LogP contribution is 2.43. The highest BCUT2D eigenvalue weighted by molar-refractivity contribution is 6.60. The van der Waals surface area contributed by atoms with E-state index in [2.05, 4.69) is 16.4 Å². The fraction of sp³-hybridized carbons (Fsp3) is 0.316. The molecule has 24 heavy (non-hydrogen) atoms. The summed E-state index contributed by atoms with van der Waals surface area (Å²) < 4.78 is 31.6. The standard InChI is InChI=1S/C19H19BF2N2/c1-23-7-8-24(2)19(23)20-15-6-4-3-5-12-9-13-10-16(21)17(22)11-14(13)18(12)15/h7-11H,3-6H2,1-2H3. The van der Waals surface area contributed by atoms with Gasteiger partial charge in [-0.2, -0.15) is 7.28 Å². The van der Waals surface area contributed by atoms with Gasteiger partial charge in [-0.25, -0.2) is 8.78 Å². The first-order chi connectivity index (χ1) is 11.5. The Morgan fingerprint density at radius 2 is 1.88 bits per heavy atom. The molecule has 0 spiro atoms. The Kier molecular flexibility index (Phi) is 3.67. The van der Waals surface area contributed by atoms with E-state index in [4.69, 9.17) is 0 Å². The van der Waals surface area contributed by atoms with E-state index in [1.54, 1.807) is 0 Å². The molecule has 0 saturated carbocycles. The van der Waals surface area contributed by atoms with E-state index in [9.17, 15) is 8.78 Å². The lowest BCUT2D eigenvalue weighted by molar-refractivity contribution is -0.652. The SMILES string of the molecule is Cn1cc[n+](C)c1[B-]C1=C2C(=Cc3cc(F)c(F)cc32)CCCC1. The average molecular weight is 324 g/mol. The van der Waals surface area contributed by atoms with E-state index in [-0.39, 0.29) is 0 Å². The Morgan fingerprint density at radius 1 is 1.12 bits per heavy atom. The van der Waals surface area contributed by atoms with Gasteiger partial charge in [0.05, 0.1) is 14.1 Å². The minimum absolute atomic E-state index is 0.774. The molecule has 0 saturated heterocycles. The van der Waals surface area contributed by atoms with Crippen molar-refractivity contribution in [2.24, 2.45) is 14.1 Å². The largest absolute Gasteiger partial charge is 0.280 e. The molecule has 2 nitrogen and oxygen atoms in total. The molecule has 122 valence electrons. The summed E-state index contributed by atoms with van der Waals surface area (Å²) in [5.41, 5.74) is 6.23. The van der Waals surface area contributed by atoms with Gasteiger partial charge < -0.3 is 0 Å². The van der Waals surface area contributed by atoms with Crippen LogP contribution in [-0.4, -0.2) is 11.8 Å². The second kappa shape index (κ2) is 5.73. The highest BCUT2D eigenvalue weighted by atomic mass is 19.2. The number of aryl methyl sites for hydroxylation is 2. The minimum Gasteiger partial charge on any atom is -0.280 e. The molecule has 2 aromatic rings. The zero-order chi connectivity index (χ0) is 16.8. The van der Waals surface area contributed by atoms with E-state index in [1.165, 1.54) is 23.2 Å². The minimum atomic E-state index is -0.776. The summed E-state index contributed by atoms with van der Waals surface area (Å²) >= 11 is 0. The van der Waals surface area contributed by atoms with Crippen LogP contribution in [0, 0.1) is 11.6 Å². The second-order valence-corrected chi connectivity index (χ2v) is 6.65. The van der Waals surface area contributed by atoms with Crippen LogP contribution in [0.5, 0.6) is 0 Å². The van der Waals surface area contributed by atoms with Crippen LogP contribution in [0.1, 0.15) is 36.8 Å². The fourth-order valence-electron chi connectivity index (χ4n) is 3.77. The van der Waals surface area contributed by atoms with Crippen molar-refractivity contribution < 1.29 is 13.3 Å². The first-order valence-electron chi connectivity index (χ1n) is 8.34. The molecule has 0 fully saturated rings. The molecule has 4 rings (SSSR count). The molecule has 2 aliphatic rings. The number of imidazole rings is 1. The van der Waals surface area contributed by atoms with Gasteiger partial charge in [-0.05, 0) is 41.7 Å². The molecule has 1 heterocycles. The first-order valence-corrected chi connectivity index (χ1v) is 8.34. The van der Waals surface area contributed by atoms with Crippen molar-refractivity contribution in [3.8, 4) is 0 Å². The second-order valence-electron chi connectivity index (χ2n) is 6.65. The zero-order valence-electron chi connectivity index (χ0n) is 13.9. The van der Waals surface area contributed by atoms with Crippen LogP contribution in [-0.2, 0) is 14.1 Å². The van der Waals surface area contributed by atoms with Gasteiger partial charge in [-0.15, -0.1) is 0 Å². The summed E-state index contributed by atoms with van der Waals surface area (Å²) in [6, 6.07) is 2.67. The van der Waals surface area contributed by atoms with Crippen molar-refractivity contribution in [1.29, 1.82) is 0 Å². The van der Waals surface area contributed by atoms with Crippen LogP contribution in [0.15, 0.2) is 35.6 Å². The molecular formula is C19H19BF2N2. The third-order valence-corrected chi connectivity index (χ3v) is 5.02. The molecule has 0 unspecified atom stereocenters. The number of hydrogen-bond donors (Lipinski definition) is 0. The summed E-state index contributed by atoms with van der Waals surface area (Å²) in [6.07, 6.45) is 10.2. The molecule has 0 bridgehead atoms. The van der Waals surface area contributed by atoms with Crippen molar-refractivity contribution in [1.82, 2.24) is 4.57 Å². The predicted octanol–water partition coefficient (Wildman–Crippen LogP) is 2.84. The number of nitrogens with zero attached hydrogens (tertiary/aromatic N) is 2. The molecule has 0 N–H and O–H groups in total. The van der Waals surface area contributed by atoms with Crippen LogP contribution in [0.2, 0.25) is 0 Å². The lowest BCUT2D eigenvalue weighted by Crippen LogP contribution is -2.50. The van der Waals surface area contributed by atoms with Gasteiger partial charge in [-0.1, -0.05) is 24.5 Å². The summed E-state index contributed by atoms with van der Waals surface area (Å²) in [6.45, 7) is 0. The van der Waals surface area contributed by atoms with E-state index in [0.29, 0.717) is 0 Å². The highest BCUT2D eigenvalue weighted by Gasteiger charge is 2.23. The molecule has 5 heteroatoms. The lowest BCUT2D eigenvalue weighted by Gasteiger charge is -2.23. The van der Waals surface area contributed by atoms with Crippen LogP contribution in [0.25, 0.3) is 11.6 Å². The predicted molar refractivity (Wildman–Crippen MR) is 91.7 cm³/mol. The molecule has 0 atom stereocenters. The van der Waals surface area contributed by atoms with Crippen LogP contribution < -0.4 is 10.3 Å². The van der Waals surface area contributed by atoms with Gasteiger partial charge in [0.1, 0.15) is 12.4 Å². The number of hydrogen-bond acceptors (Lipinski definition) is 0. The van der Waals surface area contributed by atoms with Gasteiger partial charge in [0.15, 0.2) is 11.6 Å². The number of fused-ring (bicyclic) bond motifs is 3. The van der Waals surface area contributed by atoms with Crippen LogP contribution in [0.4, 0.5) is 8.78 Å². The molecule has 2 radical (unpaired) electrons. The third kappa shape index (κ3) is 2.43. The smallest absolute Gasteiger partial charge is 0.159 e. The normalized spacial score (nSPS) is 16.8. The van der Waals surface area contributed by atoms with Crippen molar-refractivity contribution >= 4 is 24.7 Å². The van der Waals surface area contributed by atoms with Crippen molar-refractivity contribution in [3.05, 3.63) is 58.3 Å². The Bertz CT molecular complexity index is 874. The Balaban J connectivity index is 1.86. The van der Waals surface area contributed by atoms with E-state index < -0.39 is 11.6 Å². The maximum atomic E-state index is 13.8. The van der Waals surface area contributed by atoms with E-state index >= 15 is 0 Å². The van der Waals surface area contributed by atoms with Gasteiger partial charge >= 0.3 is 0 Å². The molecule has 2 aliphatic carbocycles. The number of rotatable bonds is 2. The van der Waals surface area contributed by atoms with Gasteiger partial charge in [0.2, 0.25) is 0 Å². The van der Waals surface area contributed by atoms with Gasteiger partial charge in [0, 0.05) is 5.72 Å². The molecular weight excluding hydrogens is 305 g/mol.